The minimum absolute atomic E-state index is 0.0231. The average Bonchev–Trinajstić information content (AvgIpc) is 2.56. The van der Waals surface area contributed by atoms with Crippen LogP contribution in [-0.2, 0) is 9.59 Å². The number of rotatable bonds is 2. The van der Waals surface area contributed by atoms with Gasteiger partial charge in [0.15, 0.2) is 0 Å². The molecule has 3 N–H and O–H groups in total. The number of carbonyl (C=O) groups is 2. The molecule has 0 aromatic carbocycles. The number of carbonyl (C=O) groups excluding carboxylic acids is 2. The normalized spacial score (nSPS) is 30.6. The van der Waals surface area contributed by atoms with Gasteiger partial charge in [-0.3, -0.25) is 9.59 Å². The molecule has 2 amide bonds. The van der Waals surface area contributed by atoms with E-state index in [0.717, 1.165) is 25.8 Å². The number of hydrogen-bond donors (Lipinski definition) is 3. The highest BCUT2D eigenvalue weighted by atomic mass is 16.2. The Morgan fingerprint density at radius 2 is 2.19 bits per heavy atom. The molecule has 2 aliphatic heterocycles. The van der Waals surface area contributed by atoms with Gasteiger partial charge >= 0.3 is 0 Å². The van der Waals surface area contributed by atoms with E-state index in [1.165, 1.54) is 6.42 Å². The second-order valence-corrected chi connectivity index (χ2v) is 4.57. The Kier molecular flexibility index (Phi) is 3.77. The zero-order valence-corrected chi connectivity index (χ0v) is 9.42. The van der Waals surface area contributed by atoms with Gasteiger partial charge in [0.2, 0.25) is 11.8 Å². The second kappa shape index (κ2) is 5.30. The van der Waals surface area contributed by atoms with E-state index in [2.05, 4.69) is 16.0 Å². The lowest BCUT2D eigenvalue weighted by molar-refractivity contribution is -0.123. The number of nitrogens with one attached hydrogen (secondary N) is 3. The quantitative estimate of drug-likeness (QED) is 0.594. The summed E-state index contributed by atoms with van der Waals surface area (Å²) in [4.78, 5) is 22.9. The van der Waals surface area contributed by atoms with E-state index in [9.17, 15) is 9.59 Å². The molecule has 2 unspecified atom stereocenters. The van der Waals surface area contributed by atoms with Gasteiger partial charge in [0.05, 0.1) is 12.1 Å². The van der Waals surface area contributed by atoms with Crippen LogP contribution in [0.2, 0.25) is 0 Å². The zero-order valence-electron chi connectivity index (χ0n) is 9.42. The smallest absolute Gasteiger partial charge is 0.237 e. The fraction of sp³-hybridized carbons (Fsp3) is 0.818. The van der Waals surface area contributed by atoms with E-state index >= 15 is 0 Å². The van der Waals surface area contributed by atoms with Gasteiger partial charge in [-0.15, -0.1) is 0 Å². The maximum Gasteiger partial charge on any atom is 0.237 e. The molecule has 5 heteroatoms. The Bertz CT molecular complexity index is 272. The molecule has 0 saturated carbocycles. The third-order valence-electron chi connectivity index (χ3n) is 3.20. The van der Waals surface area contributed by atoms with Crippen LogP contribution >= 0.6 is 0 Å². The molecule has 0 aliphatic carbocycles. The first-order valence-corrected chi connectivity index (χ1v) is 6.06. The molecular formula is C11H19N3O2. The van der Waals surface area contributed by atoms with Gasteiger partial charge in [-0.1, -0.05) is 12.8 Å². The fourth-order valence-corrected chi connectivity index (χ4v) is 2.26. The van der Waals surface area contributed by atoms with Crippen molar-refractivity contribution in [3.8, 4) is 0 Å². The van der Waals surface area contributed by atoms with Crippen molar-refractivity contribution in [2.75, 3.05) is 13.1 Å². The maximum absolute atomic E-state index is 11.9. The predicted molar refractivity (Wildman–Crippen MR) is 59.8 cm³/mol. The first-order chi connectivity index (χ1) is 7.75. The van der Waals surface area contributed by atoms with E-state index in [0.29, 0.717) is 13.0 Å². The van der Waals surface area contributed by atoms with Crippen LogP contribution < -0.4 is 16.0 Å². The Morgan fingerprint density at radius 1 is 1.31 bits per heavy atom. The van der Waals surface area contributed by atoms with Crippen LogP contribution in [0.5, 0.6) is 0 Å². The van der Waals surface area contributed by atoms with Crippen LogP contribution in [0.15, 0.2) is 0 Å². The third kappa shape index (κ3) is 2.95. The van der Waals surface area contributed by atoms with E-state index in [1.807, 2.05) is 0 Å². The standard InChI is InChI=1S/C11H19N3O2/c15-10-6-8(7-13-10)14-11(16)9-4-2-1-3-5-12-9/h8-9,12H,1-7H2,(H,13,15)(H,14,16). The van der Waals surface area contributed by atoms with Crippen LogP contribution in [-0.4, -0.2) is 37.0 Å². The fourth-order valence-electron chi connectivity index (χ4n) is 2.26. The first-order valence-electron chi connectivity index (χ1n) is 6.06. The van der Waals surface area contributed by atoms with Crippen molar-refractivity contribution in [1.29, 1.82) is 0 Å². The van der Waals surface area contributed by atoms with Crippen molar-refractivity contribution < 1.29 is 9.59 Å². The minimum atomic E-state index is -0.0711. The molecule has 0 aromatic heterocycles. The molecule has 16 heavy (non-hydrogen) atoms. The van der Waals surface area contributed by atoms with Crippen molar-refractivity contribution in [1.82, 2.24) is 16.0 Å². The average molecular weight is 225 g/mol. The summed E-state index contributed by atoms with van der Waals surface area (Å²) in [6, 6.07) is -0.0942. The lowest BCUT2D eigenvalue weighted by atomic mass is 10.1. The summed E-state index contributed by atoms with van der Waals surface area (Å²) >= 11 is 0. The molecule has 2 rings (SSSR count). The molecular weight excluding hydrogens is 206 g/mol. The summed E-state index contributed by atoms with van der Waals surface area (Å²) < 4.78 is 0. The van der Waals surface area contributed by atoms with Crippen molar-refractivity contribution in [2.45, 2.75) is 44.2 Å². The van der Waals surface area contributed by atoms with Crippen LogP contribution in [0, 0.1) is 0 Å². The highest BCUT2D eigenvalue weighted by molar-refractivity contribution is 5.84. The number of hydrogen-bond acceptors (Lipinski definition) is 3. The molecule has 0 aromatic rings. The zero-order chi connectivity index (χ0) is 11.4. The summed E-state index contributed by atoms with van der Waals surface area (Å²) in [6.45, 7) is 1.48. The van der Waals surface area contributed by atoms with Gasteiger partial charge in [-0.05, 0) is 19.4 Å². The molecule has 5 nitrogen and oxygen atoms in total. The second-order valence-electron chi connectivity index (χ2n) is 4.57. The molecule has 2 saturated heterocycles. The van der Waals surface area contributed by atoms with Gasteiger partial charge in [0.25, 0.3) is 0 Å². The highest BCUT2D eigenvalue weighted by Crippen LogP contribution is 2.09. The maximum atomic E-state index is 11.9. The monoisotopic (exact) mass is 225 g/mol. The Labute approximate surface area is 95.3 Å². The van der Waals surface area contributed by atoms with Crippen molar-refractivity contribution >= 4 is 11.8 Å². The third-order valence-corrected chi connectivity index (χ3v) is 3.20. The minimum Gasteiger partial charge on any atom is -0.354 e. The van der Waals surface area contributed by atoms with E-state index in [1.54, 1.807) is 0 Å². The number of amides is 2. The SMILES string of the molecule is O=C1CC(NC(=O)C2CCCCCN2)CN1. The van der Waals surface area contributed by atoms with Crippen molar-refractivity contribution in [3.63, 3.8) is 0 Å². The lowest BCUT2D eigenvalue weighted by Crippen LogP contribution is -2.48. The van der Waals surface area contributed by atoms with Gasteiger partial charge in [0, 0.05) is 13.0 Å². The molecule has 2 fully saturated rings. The summed E-state index contributed by atoms with van der Waals surface area (Å²) in [5.41, 5.74) is 0. The first kappa shape index (κ1) is 11.4. The largest absolute Gasteiger partial charge is 0.354 e. The topological polar surface area (TPSA) is 70.2 Å². The molecule has 0 spiro atoms. The predicted octanol–water partition coefficient (Wildman–Crippen LogP) is -0.477. The van der Waals surface area contributed by atoms with Crippen molar-refractivity contribution in [2.24, 2.45) is 0 Å². The molecule has 90 valence electrons. The van der Waals surface area contributed by atoms with Gasteiger partial charge in [-0.25, -0.2) is 0 Å². The highest BCUT2D eigenvalue weighted by Gasteiger charge is 2.26. The van der Waals surface area contributed by atoms with Crippen molar-refractivity contribution in [3.05, 3.63) is 0 Å². The van der Waals surface area contributed by atoms with Gasteiger partial charge in [0.1, 0.15) is 0 Å². The van der Waals surface area contributed by atoms with E-state index in [4.69, 9.17) is 0 Å². The van der Waals surface area contributed by atoms with E-state index < -0.39 is 0 Å². The summed E-state index contributed by atoms with van der Waals surface area (Å²) in [5.74, 6) is 0.0718. The van der Waals surface area contributed by atoms with Crippen LogP contribution in [0.25, 0.3) is 0 Å². The van der Waals surface area contributed by atoms with Crippen LogP contribution in [0.3, 0.4) is 0 Å². The summed E-state index contributed by atoms with van der Waals surface area (Å²) in [7, 11) is 0. The van der Waals surface area contributed by atoms with E-state index in [-0.39, 0.29) is 23.9 Å². The molecule has 2 heterocycles. The van der Waals surface area contributed by atoms with Crippen LogP contribution in [0.4, 0.5) is 0 Å². The molecule has 0 bridgehead atoms. The van der Waals surface area contributed by atoms with Crippen LogP contribution in [0.1, 0.15) is 32.1 Å². The Hall–Kier alpha value is -1.10. The van der Waals surface area contributed by atoms with Gasteiger partial charge in [-0.2, -0.15) is 0 Å². The molecule has 0 radical (unpaired) electrons. The Balaban J connectivity index is 1.79. The van der Waals surface area contributed by atoms with Gasteiger partial charge < -0.3 is 16.0 Å². The lowest BCUT2D eigenvalue weighted by Gasteiger charge is -2.18. The Morgan fingerprint density at radius 3 is 2.94 bits per heavy atom. The molecule has 2 aliphatic rings. The molecule has 2 atom stereocenters. The summed E-state index contributed by atoms with van der Waals surface area (Å²) in [6.07, 6.45) is 4.76. The summed E-state index contributed by atoms with van der Waals surface area (Å²) in [5, 5.41) is 8.89.